The van der Waals surface area contributed by atoms with Crippen LogP contribution in [0.2, 0.25) is 0 Å². The summed E-state index contributed by atoms with van der Waals surface area (Å²) in [6.45, 7) is 4.97. The number of carbonyl (C=O) groups is 1. The van der Waals surface area contributed by atoms with Crippen molar-refractivity contribution in [3.05, 3.63) is 89.0 Å². The third-order valence-corrected chi connectivity index (χ3v) is 11.5. The van der Waals surface area contributed by atoms with E-state index in [1.807, 2.05) is 36.4 Å². The predicted octanol–water partition coefficient (Wildman–Crippen LogP) is 6.54. The number of benzene rings is 3. The van der Waals surface area contributed by atoms with Crippen LogP contribution in [0.15, 0.2) is 66.7 Å². The molecule has 1 amide bonds. The average Bonchev–Trinajstić information content (AvgIpc) is 3.57. The summed E-state index contributed by atoms with van der Waals surface area (Å²) in [5.74, 6) is 2.57. The Morgan fingerprint density at radius 1 is 0.891 bits per heavy atom. The van der Waals surface area contributed by atoms with Crippen LogP contribution in [0, 0.1) is 17.3 Å². The second-order valence-corrected chi connectivity index (χ2v) is 14.0. The highest BCUT2D eigenvalue weighted by Gasteiger charge is 2.54. The maximum Gasteiger partial charge on any atom is 0.409 e. The van der Waals surface area contributed by atoms with Crippen LogP contribution in [0.5, 0.6) is 5.75 Å². The molecule has 7 nitrogen and oxygen atoms in total. The Morgan fingerprint density at radius 2 is 1.54 bits per heavy atom. The molecule has 7 heteroatoms. The number of nitrogens with zero attached hydrogens (tertiary/aromatic N) is 1. The van der Waals surface area contributed by atoms with Crippen LogP contribution < -0.4 is 11.5 Å². The number of nitrogens with two attached hydrogens (primary N) is 2. The van der Waals surface area contributed by atoms with E-state index in [-0.39, 0.29) is 23.5 Å². The van der Waals surface area contributed by atoms with Gasteiger partial charge in [-0.3, -0.25) is 0 Å². The van der Waals surface area contributed by atoms with E-state index < -0.39 is 0 Å². The van der Waals surface area contributed by atoms with Crippen LogP contribution in [0.4, 0.5) is 4.79 Å². The van der Waals surface area contributed by atoms with E-state index in [1.54, 1.807) is 4.90 Å². The van der Waals surface area contributed by atoms with Gasteiger partial charge >= 0.3 is 6.09 Å². The van der Waals surface area contributed by atoms with Gasteiger partial charge in [0.05, 0.1) is 6.10 Å². The summed E-state index contributed by atoms with van der Waals surface area (Å²) in [4.78, 5) is 14.3. The second-order valence-electron chi connectivity index (χ2n) is 14.0. The zero-order valence-corrected chi connectivity index (χ0v) is 27.2. The predicted molar refractivity (Wildman–Crippen MR) is 183 cm³/mol. The summed E-state index contributed by atoms with van der Waals surface area (Å²) in [7, 11) is 0. The Balaban J connectivity index is 0.000000166. The highest BCUT2D eigenvalue weighted by molar-refractivity contribution is 5.79. The van der Waals surface area contributed by atoms with Gasteiger partial charge in [0.15, 0.2) is 0 Å². The Bertz CT molecular complexity index is 1460. The van der Waals surface area contributed by atoms with Gasteiger partial charge in [0.1, 0.15) is 12.4 Å². The Hall–Kier alpha value is -3.39. The number of aryl methyl sites for hydroxylation is 1. The molecule has 3 aromatic carbocycles. The molecular weight excluding hydrogens is 574 g/mol. The molecule has 46 heavy (non-hydrogen) atoms. The van der Waals surface area contributed by atoms with E-state index in [4.69, 9.17) is 16.2 Å². The van der Waals surface area contributed by atoms with Crippen molar-refractivity contribution in [2.24, 2.45) is 28.7 Å². The van der Waals surface area contributed by atoms with Crippen LogP contribution in [0.25, 0.3) is 11.1 Å². The standard InChI is InChI=1S/C21H27N3O2.C18H24O2/c22-11-5-13-24(14-6-12-23)21(25)26-15-20-18-9-3-1-7-16(18)17-8-2-4-10-19(17)20;1-18-9-8-14-13-5-3-12(19)10-11(13)2-4-15(14)16(18)6-7-17(18)20/h1-4,7-10,20H,5-6,11-15,22-23H2;3,5,10,14-17,19-20H,2,4,6-9H2,1H3/t;14-,15-,16+,17+,18+/m.1/s1. The van der Waals surface area contributed by atoms with Crippen molar-refractivity contribution in [1.29, 1.82) is 0 Å². The van der Waals surface area contributed by atoms with E-state index in [2.05, 4.69) is 37.3 Å². The molecule has 246 valence electrons. The van der Waals surface area contributed by atoms with Crippen molar-refractivity contribution in [3.8, 4) is 16.9 Å². The van der Waals surface area contributed by atoms with Crippen LogP contribution >= 0.6 is 0 Å². The minimum Gasteiger partial charge on any atom is -0.508 e. The van der Waals surface area contributed by atoms with Crippen molar-refractivity contribution in [1.82, 2.24) is 4.90 Å². The van der Waals surface area contributed by atoms with Gasteiger partial charge in [-0.25, -0.2) is 4.79 Å². The summed E-state index contributed by atoms with van der Waals surface area (Å²) in [5, 5.41) is 20.0. The topological polar surface area (TPSA) is 122 Å². The molecule has 6 N–H and O–H groups in total. The quantitative estimate of drug-likeness (QED) is 0.225. The van der Waals surface area contributed by atoms with Gasteiger partial charge < -0.3 is 31.3 Å². The Labute approximate surface area is 273 Å². The first-order valence-electron chi connectivity index (χ1n) is 17.4. The lowest BCUT2D eigenvalue weighted by atomic mass is 9.55. The molecule has 0 aromatic heterocycles. The first-order valence-corrected chi connectivity index (χ1v) is 17.4. The lowest BCUT2D eigenvalue weighted by molar-refractivity contribution is -0.0226. The number of fused-ring (bicyclic) bond motifs is 8. The number of phenolic OH excluding ortho intramolecular Hbond substituents is 1. The van der Waals surface area contributed by atoms with Gasteiger partial charge in [-0.1, -0.05) is 61.5 Å². The highest BCUT2D eigenvalue weighted by Crippen LogP contribution is 2.61. The van der Waals surface area contributed by atoms with E-state index in [0.717, 1.165) is 38.0 Å². The van der Waals surface area contributed by atoms with Gasteiger partial charge in [0, 0.05) is 19.0 Å². The van der Waals surface area contributed by atoms with Crippen molar-refractivity contribution in [2.75, 3.05) is 32.8 Å². The van der Waals surface area contributed by atoms with Crippen molar-refractivity contribution >= 4 is 6.09 Å². The highest BCUT2D eigenvalue weighted by atomic mass is 16.6. The molecular formula is C39H51N3O4. The van der Waals surface area contributed by atoms with Gasteiger partial charge in [-0.2, -0.15) is 0 Å². The first kappa shape index (κ1) is 32.5. The third kappa shape index (κ3) is 6.29. The van der Waals surface area contributed by atoms with Gasteiger partial charge in [-0.15, -0.1) is 0 Å². The molecule has 4 aliphatic rings. The lowest BCUT2D eigenvalue weighted by Gasteiger charge is -2.50. The normalized spacial score (nSPS) is 25.7. The first-order chi connectivity index (χ1) is 22.4. The van der Waals surface area contributed by atoms with Gasteiger partial charge in [0.2, 0.25) is 0 Å². The number of hydrogen-bond donors (Lipinski definition) is 4. The third-order valence-electron chi connectivity index (χ3n) is 11.5. The largest absolute Gasteiger partial charge is 0.508 e. The van der Waals surface area contributed by atoms with E-state index in [1.165, 1.54) is 52.6 Å². The molecule has 2 fully saturated rings. The molecule has 0 radical (unpaired) electrons. The molecule has 7 rings (SSSR count). The smallest absolute Gasteiger partial charge is 0.409 e. The average molecular weight is 626 g/mol. The summed E-state index contributed by atoms with van der Waals surface area (Å²) >= 11 is 0. The van der Waals surface area contributed by atoms with Gasteiger partial charge in [0.25, 0.3) is 0 Å². The monoisotopic (exact) mass is 625 g/mol. The fraction of sp³-hybridized carbons (Fsp3) is 0.513. The maximum absolute atomic E-state index is 12.6. The number of aliphatic hydroxyl groups excluding tert-OH is 1. The molecule has 4 aliphatic carbocycles. The molecule has 5 atom stereocenters. The molecule has 0 saturated heterocycles. The number of hydrogen-bond acceptors (Lipinski definition) is 6. The molecule has 0 bridgehead atoms. The number of phenols is 1. The van der Waals surface area contributed by atoms with Crippen molar-refractivity contribution in [3.63, 3.8) is 0 Å². The second kappa shape index (κ2) is 14.2. The Kier molecular flexibility index (Phi) is 10.0. The molecule has 2 saturated carbocycles. The minimum atomic E-state index is -0.284. The lowest BCUT2D eigenvalue weighted by Crippen LogP contribution is -2.43. The number of aliphatic hydroxyl groups is 1. The molecule has 3 aromatic rings. The van der Waals surface area contributed by atoms with Crippen molar-refractivity contribution < 1.29 is 19.7 Å². The van der Waals surface area contributed by atoms with Crippen LogP contribution in [0.1, 0.15) is 86.0 Å². The summed E-state index contributed by atoms with van der Waals surface area (Å²) in [6, 6.07) is 22.6. The van der Waals surface area contributed by atoms with Crippen molar-refractivity contribution in [2.45, 2.75) is 76.2 Å². The number of carbonyl (C=O) groups excluding carboxylic acids is 1. The molecule has 0 spiro atoms. The number of rotatable bonds is 8. The van der Waals surface area contributed by atoms with Gasteiger partial charge in [-0.05, 0) is 133 Å². The molecule has 0 heterocycles. The van der Waals surface area contributed by atoms with E-state index in [9.17, 15) is 15.0 Å². The van der Waals surface area contributed by atoms with Crippen LogP contribution in [0.3, 0.4) is 0 Å². The Morgan fingerprint density at radius 3 is 2.20 bits per heavy atom. The molecule has 0 aliphatic heterocycles. The van der Waals surface area contributed by atoms with Crippen LogP contribution in [-0.4, -0.2) is 60.1 Å². The minimum absolute atomic E-state index is 0.0808. The zero-order valence-electron chi connectivity index (χ0n) is 27.2. The maximum atomic E-state index is 12.6. The summed E-state index contributed by atoms with van der Waals surface area (Å²) < 4.78 is 5.70. The fourth-order valence-corrected chi connectivity index (χ4v) is 9.09. The number of amides is 1. The SMILES string of the molecule is C[C@]12CC[C@@H]3c4ccc(O)cc4CC[C@H]3[C@@H]1CC[C@@H]2O.NCCCN(CCCN)C(=O)OCC1c2ccccc2-c2ccccc21. The summed E-state index contributed by atoms with van der Waals surface area (Å²) in [5.41, 5.74) is 19.1. The number of ether oxygens (including phenoxy) is 1. The molecule has 0 unspecified atom stereocenters. The van der Waals surface area contributed by atoms with E-state index in [0.29, 0.717) is 50.4 Å². The van der Waals surface area contributed by atoms with Crippen LogP contribution in [-0.2, 0) is 11.2 Å². The number of aromatic hydroxyl groups is 1. The van der Waals surface area contributed by atoms with E-state index >= 15 is 0 Å². The fourth-order valence-electron chi connectivity index (χ4n) is 9.09. The summed E-state index contributed by atoms with van der Waals surface area (Å²) in [6.07, 6.45) is 8.01. The zero-order chi connectivity index (χ0) is 32.3.